The third-order valence-corrected chi connectivity index (χ3v) is 3.10. The van der Waals surface area contributed by atoms with Crippen LogP contribution in [0.25, 0.3) is 0 Å². The number of aromatic nitrogens is 1. The number of hydrogen-bond donors (Lipinski definition) is 1. The highest BCUT2D eigenvalue weighted by Gasteiger charge is 2.15. The molecule has 1 aromatic rings. The Labute approximate surface area is 115 Å². The van der Waals surface area contributed by atoms with Crippen LogP contribution in [0, 0.1) is 5.92 Å². The van der Waals surface area contributed by atoms with E-state index in [1.165, 1.54) is 0 Å². The molecule has 2 rings (SSSR count). The molecule has 0 aromatic carbocycles. The van der Waals surface area contributed by atoms with Gasteiger partial charge >= 0.3 is 0 Å². The maximum atomic E-state index is 5.90. The zero-order valence-corrected chi connectivity index (χ0v) is 11.9. The highest BCUT2D eigenvalue weighted by molar-refractivity contribution is 5.16. The summed E-state index contributed by atoms with van der Waals surface area (Å²) in [4.78, 5) is 4.54. The Balaban J connectivity index is 1.83. The molecule has 1 fully saturated rings. The van der Waals surface area contributed by atoms with E-state index in [2.05, 4.69) is 24.1 Å². The van der Waals surface area contributed by atoms with E-state index < -0.39 is 0 Å². The first-order valence-electron chi connectivity index (χ1n) is 7.15. The molecule has 0 aliphatic carbocycles. The van der Waals surface area contributed by atoms with Gasteiger partial charge < -0.3 is 14.8 Å². The van der Waals surface area contributed by atoms with Crippen molar-refractivity contribution in [2.45, 2.75) is 39.3 Å². The Kier molecular flexibility index (Phi) is 5.61. The van der Waals surface area contributed by atoms with Crippen LogP contribution in [0.5, 0.6) is 5.88 Å². The minimum Gasteiger partial charge on any atom is -0.474 e. The third-order valence-electron chi connectivity index (χ3n) is 3.10. The van der Waals surface area contributed by atoms with E-state index >= 15 is 0 Å². The topological polar surface area (TPSA) is 43.4 Å². The lowest BCUT2D eigenvalue weighted by Crippen LogP contribution is -2.26. The molecule has 0 spiro atoms. The van der Waals surface area contributed by atoms with E-state index in [0.29, 0.717) is 5.92 Å². The standard InChI is InChI=1S/C15H24N2O2/c1-12(2)10-16-11-13-4-3-5-15(17-13)19-14-6-8-18-9-7-14/h3-5,12,14,16H,6-11H2,1-2H3. The van der Waals surface area contributed by atoms with E-state index in [-0.39, 0.29) is 6.10 Å². The summed E-state index contributed by atoms with van der Waals surface area (Å²) >= 11 is 0. The van der Waals surface area contributed by atoms with Crippen LogP contribution < -0.4 is 10.1 Å². The van der Waals surface area contributed by atoms with E-state index in [1.54, 1.807) is 0 Å². The minimum atomic E-state index is 0.250. The molecule has 0 radical (unpaired) electrons. The van der Waals surface area contributed by atoms with Crippen molar-refractivity contribution < 1.29 is 9.47 Å². The van der Waals surface area contributed by atoms with Gasteiger partial charge in [0, 0.05) is 25.5 Å². The monoisotopic (exact) mass is 264 g/mol. The molecule has 2 heterocycles. The van der Waals surface area contributed by atoms with Crippen molar-refractivity contribution in [3.05, 3.63) is 23.9 Å². The van der Waals surface area contributed by atoms with Crippen LogP contribution in [0.15, 0.2) is 18.2 Å². The van der Waals surface area contributed by atoms with Crippen LogP contribution >= 0.6 is 0 Å². The molecule has 0 saturated carbocycles. The molecule has 4 heteroatoms. The molecular weight excluding hydrogens is 240 g/mol. The Morgan fingerprint density at radius 2 is 2.16 bits per heavy atom. The summed E-state index contributed by atoms with van der Waals surface area (Å²) in [6.45, 7) is 7.78. The Hall–Kier alpha value is -1.13. The quantitative estimate of drug-likeness (QED) is 0.856. The summed E-state index contributed by atoms with van der Waals surface area (Å²) in [5.74, 6) is 1.39. The van der Waals surface area contributed by atoms with Gasteiger partial charge in [-0.25, -0.2) is 4.98 Å². The molecule has 0 unspecified atom stereocenters. The molecule has 1 aromatic heterocycles. The number of ether oxygens (including phenoxy) is 2. The molecule has 0 bridgehead atoms. The molecule has 1 saturated heterocycles. The summed E-state index contributed by atoms with van der Waals surface area (Å²) in [7, 11) is 0. The van der Waals surface area contributed by atoms with Crippen molar-refractivity contribution in [2.75, 3.05) is 19.8 Å². The average Bonchev–Trinajstić information content (AvgIpc) is 2.40. The van der Waals surface area contributed by atoms with Crippen molar-refractivity contribution in [1.82, 2.24) is 10.3 Å². The fraction of sp³-hybridized carbons (Fsp3) is 0.667. The van der Waals surface area contributed by atoms with Gasteiger partial charge in [-0.3, -0.25) is 0 Å². The van der Waals surface area contributed by atoms with Gasteiger partial charge in [0.25, 0.3) is 0 Å². The molecule has 0 amide bonds. The van der Waals surface area contributed by atoms with Gasteiger partial charge in [-0.15, -0.1) is 0 Å². The molecule has 4 nitrogen and oxygen atoms in total. The van der Waals surface area contributed by atoms with Crippen molar-refractivity contribution in [3.63, 3.8) is 0 Å². The summed E-state index contributed by atoms with van der Waals surface area (Å²) < 4.78 is 11.2. The fourth-order valence-electron chi connectivity index (χ4n) is 2.08. The zero-order chi connectivity index (χ0) is 13.5. The largest absolute Gasteiger partial charge is 0.474 e. The zero-order valence-electron chi connectivity index (χ0n) is 11.9. The Morgan fingerprint density at radius 3 is 2.89 bits per heavy atom. The van der Waals surface area contributed by atoms with Crippen LogP contribution in [-0.2, 0) is 11.3 Å². The fourth-order valence-corrected chi connectivity index (χ4v) is 2.08. The minimum absolute atomic E-state index is 0.250. The summed E-state index contributed by atoms with van der Waals surface area (Å²) in [5.41, 5.74) is 1.03. The molecule has 1 aliphatic rings. The Morgan fingerprint density at radius 1 is 1.37 bits per heavy atom. The van der Waals surface area contributed by atoms with E-state index in [1.807, 2.05) is 18.2 Å². The van der Waals surface area contributed by atoms with Gasteiger partial charge in [-0.05, 0) is 18.5 Å². The average molecular weight is 264 g/mol. The van der Waals surface area contributed by atoms with Crippen LogP contribution in [0.4, 0.5) is 0 Å². The van der Waals surface area contributed by atoms with Gasteiger partial charge in [0.1, 0.15) is 6.10 Å². The first-order valence-corrected chi connectivity index (χ1v) is 7.15. The number of hydrogen-bond acceptors (Lipinski definition) is 4. The van der Waals surface area contributed by atoms with Gasteiger partial charge in [0.2, 0.25) is 5.88 Å². The molecule has 19 heavy (non-hydrogen) atoms. The highest BCUT2D eigenvalue weighted by Crippen LogP contribution is 2.16. The molecule has 1 aliphatic heterocycles. The highest BCUT2D eigenvalue weighted by atomic mass is 16.5. The first kappa shape index (κ1) is 14.3. The number of pyridine rings is 1. The van der Waals surface area contributed by atoms with Crippen LogP contribution in [0.1, 0.15) is 32.4 Å². The lowest BCUT2D eigenvalue weighted by molar-refractivity contribution is 0.0236. The van der Waals surface area contributed by atoms with Crippen LogP contribution in [-0.4, -0.2) is 30.8 Å². The van der Waals surface area contributed by atoms with Gasteiger partial charge in [0.15, 0.2) is 0 Å². The van der Waals surface area contributed by atoms with Gasteiger partial charge in [0.05, 0.1) is 18.9 Å². The summed E-state index contributed by atoms with van der Waals surface area (Å²) in [5, 5.41) is 3.39. The van der Waals surface area contributed by atoms with E-state index in [4.69, 9.17) is 9.47 Å². The summed E-state index contributed by atoms with van der Waals surface area (Å²) in [6, 6.07) is 5.97. The van der Waals surface area contributed by atoms with Crippen LogP contribution in [0.2, 0.25) is 0 Å². The maximum absolute atomic E-state index is 5.90. The van der Waals surface area contributed by atoms with Gasteiger partial charge in [-0.1, -0.05) is 19.9 Å². The maximum Gasteiger partial charge on any atom is 0.213 e. The summed E-state index contributed by atoms with van der Waals surface area (Å²) in [6.07, 6.45) is 2.16. The van der Waals surface area contributed by atoms with Crippen molar-refractivity contribution >= 4 is 0 Å². The molecule has 106 valence electrons. The smallest absolute Gasteiger partial charge is 0.213 e. The number of rotatable bonds is 6. The predicted octanol–water partition coefficient (Wildman–Crippen LogP) is 2.39. The Bertz CT molecular complexity index is 376. The van der Waals surface area contributed by atoms with E-state index in [9.17, 15) is 0 Å². The molecule has 0 atom stereocenters. The van der Waals surface area contributed by atoms with Crippen molar-refractivity contribution in [3.8, 4) is 5.88 Å². The lowest BCUT2D eigenvalue weighted by Gasteiger charge is -2.22. The SMILES string of the molecule is CC(C)CNCc1cccc(OC2CCOCC2)n1. The first-order chi connectivity index (χ1) is 9.24. The lowest BCUT2D eigenvalue weighted by atomic mass is 10.1. The second-order valence-corrected chi connectivity index (χ2v) is 5.42. The van der Waals surface area contributed by atoms with Crippen molar-refractivity contribution in [1.29, 1.82) is 0 Å². The van der Waals surface area contributed by atoms with Crippen LogP contribution in [0.3, 0.4) is 0 Å². The number of nitrogens with zero attached hydrogens (tertiary/aromatic N) is 1. The third kappa shape index (κ3) is 5.17. The van der Waals surface area contributed by atoms with Crippen molar-refractivity contribution in [2.24, 2.45) is 5.92 Å². The normalized spacial score (nSPS) is 16.8. The predicted molar refractivity (Wildman–Crippen MR) is 75.3 cm³/mol. The number of nitrogens with one attached hydrogen (secondary N) is 1. The second kappa shape index (κ2) is 7.46. The van der Waals surface area contributed by atoms with E-state index in [0.717, 1.165) is 50.7 Å². The van der Waals surface area contributed by atoms with Gasteiger partial charge in [-0.2, -0.15) is 0 Å². The second-order valence-electron chi connectivity index (χ2n) is 5.42. The molecular formula is C15H24N2O2. The molecule has 1 N–H and O–H groups in total.